The van der Waals surface area contributed by atoms with E-state index in [9.17, 15) is 22.4 Å². The maximum Gasteiger partial charge on any atom is 0.282 e. The lowest BCUT2D eigenvalue weighted by Crippen LogP contribution is -2.32. The van der Waals surface area contributed by atoms with Gasteiger partial charge in [0.25, 0.3) is 11.5 Å². The average Bonchev–Trinajstić information content (AvgIpc) is 3.37. The number of halogens is 1. The predicted octanol–water partition coefficient (Wildman–Crippen LogP) is 2.81. The van der Waals surface area contributed by atoms with Gasteiger partial charge in [0.2, 0.25) is 10.0 Å². The van der Waals surface area contributed by atoms with Crippen molar-refractivity contribution in [2.75, 3.05) is 12.9 Å². The summed E-state index contributed by atoms with van der Waals surface area (Å²) in [5, 5.41) is 0.502. The quantitative estimate of drug-likeness (QED) is 0.456. The van der Waals surface area contributed by atoms with Crippen LogP contribution in [-0.2, 0) is 23.0 Å². The van der Waals surface area contributed by atoms with Crippen LogP contribution in [0.2, 0.25) is 0 Å². The molecule has 2 aromatic heterocycles. The van der Waals surface area contributed by atoms with Crippen molar-refractivity contribution < 1.29 is 22.3 Å². The van der Waals surface area contributed by atoms with Gasteiger partial charge in [-0.15, -0.1) is 0 Å². The number of pyridine rings is 1. The Morgan fingerprint density at radius 1 is 1.18 bits per heavy atom. The number of sulfonamides is 1. The van der Waals surface area contributed by atoms with Gasteiger partial charge in [0, 0.05) is 23.7 Å². The fraction of sp³-hybridized carbons (Fsp3) is 0.167. The van der Waals surface area contributed by atoms with Crippen molar-refractivity contribution in [3.05, 3.63) is 87.7 Å². The third kappa shape index (κ3) is 3.75. The zero-order chi connectivity index (χ0) is 24.0. The summed E-state index contributed by atoms with van der Waals surface area (Å²) in [6.45, 7) is 0.363. The van der Waals surface area contributed by atoms with Crippen LogP contribution in [-0.4, -0.2) is 36.7 Å². The topological polar surface area (TPSA) is 110 Å². The molecular formula is C24H20FN3O5S. The van der Waals surface area contributed by atoms with Crippen LogP contribution < -0.4 is 15.0 Å². The van der Waals surface area contributed by atoms with Crippen LogP contribution in [0.15, 0.2) is 59.5 Å². The highest BCUT2D eigenvalue weighted by molar-refractivity contribution is 7.89. The van der Waals surface area contributed by atoms with E-state index in [1.807, 2.05) is 10.8 Å². The van der Waals surface area contributed by atoms with Crippen molar-refractivity contribution in [2.24, 2.45) is 0 Å². The van der Waals surface area contributed by atoms with E-state index in [1.165, 1.54) is 16.8 Å². The summed E-state index contributed by atoms with van der Waals surface area (Å²) >= 11 is 0. The van der Waals surface area contributed by atoms with Crippen LogP contribution in [0.3, 0.4) is 0 Å². The Balaban J connectivity index is 1.91. The molecule has 0 aliphatic carbocycles. The van der Waals surface area contributed by atoms with Gasteiger partial charge in [-0.3, -0.25) is 9.59 Å². The Bertz CT molecular complexity index is 1620. The molecule has 34 heavy (non-hydrogen) atoms. The fourth-order valence-corrected chi connectivity index (χ4v) is 4.81. The van der Waals surface area contributed by atoms with Crippen molar-refractivity contribution in [2.45, 2.75) is 13.0 Å². The number of fused-ring (bicyclic) bond motifs is 3. The van der Waals surface area contributed by atoms with Gasteiger partial charge in [-0.1, -0.05) is 24.3 Å². The van der Waals surface area contributed by atoms with Crippen LogP contribution >= 0.6 is 0 Å². The first-order valence-electron chi connectivity index (χ1n) is 10.5. The van der Waals surface area contributed by atoms with Gasteiger partial charge in [0.05, 0.1) is 35.9 Å². The Morgan fingerprint density at radius 2 is 1.97 bits per heavy atom. The summed E-state index contributed by atoms with van der Waals surface area (Å²) in [7, 11) is -3.93. The SMILES string of the molecule is CS(=O)(=O)NC(=O)c1c(-c2ccc[nH]c2=O)c2c3c(ccc2n1Cc1ccccc1F)CCO3. The molecule has 5 rings (SSSR count). The first-order chi connectivity index (χ1) is 16.2. The van der Waals surface area contributed by atoms with E-state index in [1.54, 1.807) is 36.4 Å². The number of ether oxygens (including phenoxy) is 1. The molecular weight excluding hydrogens is 461 g/mol. The zero-order valence-corrected chi connectivity index (χ0v) is 18.9. The summed E-state index contributed by atoms with van der Waals surface area (Å²) in [4.78, 5) is 28.8. The van der Waals surface area contributed by atoms with Gasteiger partial charge < -0.3 is 14.3 Å². The van der Waals surface area contributed by atoms with E-state index < -0.39 is 27.3 Å². The third-order valence-electron chi connectivity index (χ3n) is 5.75. The molecule has 0 saturated carbocycles. The molecule has 0 unspecified atom stereocenters. The van der Waals surface area contributed by atoms with Crippen molar-refractivity contribution in [3.8, 4) is 16.9 Å². The lowest BCUT2D eigenvalue weighted by atomic mass is 10.00. The number of H-pyrrole nitrogens is 1. The normalized spacial score (nSPS) is 13.0. The molecule has 1 aliphatic rings. The highest BCUT2D eigenvalue weighted by atomic mass is 32.2. The molecule has 0 spiro atoms. The van der Waals surface area contributed by atoms with Gasteiger partial charge in [-0.05, 0) is 29.8 Å². The lowest BCUT2D eigenvalue weighted by molar-refractivity contribution is 0.0974. The predicted molar refractivity (Wildman–Crippen MR) is 125 cm³/mol. The summed E-state index contributed by atoms with van der Waals surface area (Å²) in [6.07, 6.45) is 2.98. The number of rotatable bonds is 5. The van der Waals surface area contributed by atoms with E-state index in [0.717, 1.165) is 11.8 Å². The van der Waals surface area contributed by atoms with Crippen LogP contribution in [0.4, 0.5) is 4.39 Å². The Morgan fingerprint density at radius 3 is 2.71 bits per heavy atom. The molecule has 1 aliphatic heterocycles. The molecule has 1 amide bonds. The number of hydrogen-bond acceptors (Lipinski definition) is 5. The van der Waals surface area contributed by atoms with E-state index in [4.69, 9.17) is 4.74 Å². The van der Waals surface area contributed by atoms with E-state index in [2.05, 4.69) is 4.98 Å². The van der Waals surface area contributed by atoms with Gasteiger partial charge in [0.1, 0.15) is 17.3 Å². The fourth-order valence-electron chi connectivity index (χ4n) is 4.38. The first kappa shape index (κ1) is 21.9. The Hall–Kier alpha value is -3.92. The molecule has 0 radical (unpaired) electrons. The Labute approximate surface area is 194 Å². The molecule has 0 bridgehead atoms. The summed E-state index contributed by atoms with van der Waals surface area (Å²) in [6, 6.07) is 12.9. The van der Waals surface area contributed by atoms with Gasteiger partial charge in [-0.25, -0.2) is 17.5 Å². The minimum absolute atomic E-state index is 0.0702. The molecule has 10 heteroatoms. The standard InChI is InChI=1S/C24H20FN3O5S/c1-34(31,32)27-24(30)21-19(16-6-4-11-26-23(16)29)20-18(9-8-14-10-12-33-22(14)20)28(21)13-15-5-2-3-7-17(15)25/h2-9,11H,10,12-13H2,1H3,(H,26,29)(H,27,30). The van der Waals surface area contributed by atoms with Crippen molar-refractivity contribution in [1.29, 1.82) is 0 Å². The number of carbonyl (C=O) groups excluding carboxylic acids is 1. The maximum absolute atomic E-state index is 14.6. The first-order valence-corrected chi connectivity index (χ1v) is 12.4. The van der Waals surface area contributed by atoms with Crippen molar-refractivity contribution >= 4 is 26.8 Å². The molecule has 8 nitrogen and oxygen atoms in total. The second-order valence-electron chi connectivity index (χ2n) is 8.06. The number of benzene rings is 2. The summed E-state index contributed by atoms with van der Waals surface area (Å²) in [5.41, 5.74) is 1.57. The lowest BCUT2D eigenvalue weighted by Gasteiger charge is -2.13. The molecule has 2 N–H and O–H groups in total. The molecule has 174 valence electrons. The van der Waals surface area contributed by atoms with Crippen molar-refractivity contribution in [1.82, 2.24) is 14.3 Å². The third-order valence-corrected chi connectivity index (χ3v) is 6.31. The summed E-state index contributed by atoms with van der Waals surface area (Å²) in [5.74, 6) is -0.883. The number of nitrogens with zero attached hydrogens (tertiary/aromatic N) is 1. The second-order valence-corrected chi connectivity index (χ2v) is 9.81. The molecule has 3 heterocycles. The van der Waals surface area contributed by atoms with Crippen LogP contribution in [0.25, 0.3) is 22.0 Å². The average molecular weight is 482 g/mol. The van der Waals surface area contributed by atoms with Crippen LogP contribution in [0.1, 0.15) is 21.6 Å². The van der Waals surface area contributed by atoms with E-state index in [0.29, 0.717) is 35.2 Å². The molecule has 4 aromatic rings. The smallest absolute Gasteiger partial charge is 0.282 e. The number of amides is 1. The van der Waals surface area contributed by atoms with Crippen LogP contribution in [0, 0.1) is 5.82 Å². The van der Waals surface area contributed by atoms with Gasteiger partial charge in [0.15, 0.2) is 0 Å². The zero-order valence-electron chi connectivity index (χ0n) is 18.1. The number of aromatic amines is 1. The van der Waals surface area contributed by atoms with Gasteiger partial charge >= 0.3 is 0 Å². The summed E-state index contributed by atoms with van der Waals surface area (Å²) < 4.78 is 47.9. The van der Waals surface area contributed by atoms with E-state index >= 15 is 0 Å². The van der Waals surface area contributed by atoms with Crippen molar-refractivity contribution in [3.63, 3.8) is 0 Å². The largest absolute Gasteiger partial charge is 0.492 e. The molecule has 2 aromatic carbocycles. The monoisotopic (exact) mass is 481 g/mol. The highest BCUT2D eigenvalue weighted by Crippen LogP contribution is 2.43. The number of carbonyl (C=O) groups is 1. The maximum atomic E-state index is 14.6. The minimum Gasteiger partial charge on any atom is -0.492 e. The number of hydrogen-bond donors (Lipinski definition) is 2. The van der Waals surface area contributed by atoms with E-state index in [-0.39, 0.29) is 23.4 Å². The highest BCUT2D eigenvalue weighted by Gasteiger charge is 2.31. The Kier molecular flexibility index (Phi) is 5.24. The number of nitrogens with one attached hydrogen (secondary N) is 2. The number of aromatic nitrogens is 2. The molecule has 0 saturated heterocycles. The second kappa shape index (κ2) is 8.14. The molecule has 0 atom stereocenters. The minimum atomic E-state index is -3.93. The van der Waals surface area contributed by atoms with Crippen LogP contribution in [0.5, 0.6) is 5.75 Å². The molecule has 0 fully saturated rings. The van der Waals surface area contributed by atoms with Gasteiger partial charge in [-0.2, -0.15) is 0 Å².